The number of hydrogen-bond acceptors (Lipinski definition) is 6. The van der Waals surface area contributed by atoms with Crippen molar-refractivity contribution in [1.29, 1.82) is 0 Å². The van der Waals surface area contributed by atoms with Crippen LogP contribution in [-0.2, 0) is 14.8 Å². The van der Waals surface area contributed by atoms with E-state index in [1.165, 1.54) is 38.0 Å². The Kier molecular flexibility index (Phi) is 6.43. The van der Waals surface area contributed by atoms with E-state index >= 15 is 0 Å². The lowest BCUT2D eigenvalue weighted by atomic mass is 10.3. The molecule has 0 unspecified atom stereocenters. The molecule has 10 heteroatoms. The highest BCUT2D eigenvalue weighted by Crippen LogP contribution is 2.25. The standard InChI is InChI=1S/C16H23N5O3S2/c1-11(2)21-10-17-19-16(21)25-12(3)15(22)18-13-7-6-8-14(9-13)26(23,24)20(4)5/h6-12H,1-5H3,(H,18,22)/t12-/m1/s1. The minimum absolute atomic E-state index is 0.125. The van der Waals surface area contributed by atoms with Gasteiger partial charge in [-0.3, -0.25) is 4.79 Å². The number of anilines is 1. The molecule has 0 fully saturated rings. The van der Waals surface area contributed by atoms with Crippen LogP contribution >= 0.6 is 11.8 Å². The van der Waals surface area contributed by atoms with Gasteiger partial charge in [-0.1, -0.05) is 17.8 Å². The third-order valence-electron chi connectivity index (χ3n) is 3.63. The number of carbonyl (C=O) groups excluding carboxylic acids is 1. The van der Waals surface area contributed by atoms with Gasteiger partial charge in [0.1, 0.15) is 6.33 Å². The molecule has 1 amide bonds. The summed E-state index contributed by atoms with van der Waals surface area (Å²) in [6, 6.07) is 6.38. The summed E-state index contributed by atoms with van der Waals surface area (Å²) in [4.78, 5) is 12.6. The molecule has 0 aliphatic heterocycles. The fraction of sp³-hybridized carbons (Fsp3) is 0.438. The van der Waals surface area contributed by atoms with Gasteiger partial charge in [-0.2, -0.15) is 0 Å². The molecule has 0 aliphatic carbocycles. The van der Waals surface area contributed by atoms with E-state index in [1.807, 2.05) is 18.4 Å². The quantitative estimate of drug-likeness (QED) is 0.720. The van der Waals surface area contributed by atoms with Crippen LogP contribution in [0.1, 0.15) is 26.8 Å². The second-order valence-electron chi connectivity index (χ2n) is 6.18. The summed E-state index contributed by atoms with van der Waals surface area (Å²) < 4.78 is 27.4. The van der Waals surface area contributed by atoms with E-state index in [-0.39, 0.29) is 16.8 Å². The first-order valence-electron chi connectivity index (χ1n) is 8.02. The molecule has 0 aliphatic rings. The van der Waals surface area contributed by atoms with E-state index in [9.17, 15) is 13.2 Å². The van der Waals surface area contributed by atoms with E-state index in [1.54, 1.807) is 25.4 Å². The first-order valence-corrected chi connectivity index (χ1v) is 10.3. The van der Waals surface area contributed by atoms with E-state index in [2.05, 4.69) is 15.5 Å². The summed E-state index contributed by atoms with van der Waals surface area (Å²) in [5.41, 5.74) is 0.427. The Labute approximate surface area is 158 Å². The number of nitrogens with one attached hydrogen (secondary N) is 1. The summed E-state index contributed by atoms with van der Waals surface area (Å²) in [6.45, 7) is 5.78. The van der Waals surface area contributed by atoms with E-state index in [0.29, 0.717) is 10.8 Å². The van der Waals surface area contributed by atoms with Crippen molar-refractivity contribution in [3.63, 3.8) is 0 Å². The third-order valence-corrected chi connectivity index (χ3v) is 6.51. The van der Waals surface area contributed by atoms with Gasteiger partial charge >= 0.3 is 0 Å². The average Bonchev–Trinajstić information content (AvgIpc) is 3.03. The Morgan fingerprint density at radius 1 is 1.27 bits per heavy atom. The van der Waals surface area contributed by atoms with Crippen molar-refractivity contribution in [1.82, 2.24) is 19.1 Å². The van der Waals surface area contributed by atoms with Gasteiger partial charge in [0.05, 0.1) is 10.1 Å². The summed E-state index contributed by atoms with van der Waals surface area (Å²) in [5, 5.41) is 10.9. The van der Waals surface area contributed by atoms with Crippen LogP contribution in [0.2, 0.25) is 0 Å². The Morgan fingerprint density at radius 3 is 2.58 bits per heavy atom. The van der Waals surface area contributed by atoms with Gasteiger partial charge in [-0.25, -0.2) is 12.7 Å². The molecule has 0 bridgehead atoms. The highest BCUT2D eigenvalue weighted by molar-refractivity contribution is 8.00. The first-order chi connectivity index (χ1) is 12.1. The molecule has 26 heavy (non-hydrogen) atoms. The molecule has 0 spiro atoms. The van der Waals surface area contributed by atoms with Crippen LogP contribution in [0.4, 0.5) is 5.69 Å². The fourth-order valence-electron chi connectivity index (χ4n) is 2.07. The van der Waals surface area contributed by atoms with Crippen molar-refractivity contribution in [3.8, 4) is 0 Å². The zero-order chi connectivity index (χ0) is 19.5. The number of carbonyl (C=O) groups is 1. The second-order valence-corrected chi connectivity index (χ2v) is 9.64. The van der Waals surface area contributed by atoms with Crippen LogP contribution in [0.5, 0.6) is 0 Å². The SMILES string of the molecule is CC(C)n1cnnc1S[C@H](C)C(=O)Nc1cccc(S(=O)(=O)N(C)C)c1. The predicted molar refractivity (Wildman–Crippen MR) is 102 cm³/mol. The van der Waals surface area contributed by atoms with Gasteiger partial charge in [-0.05, 0) is 39.0 Å². The van der Waals surface area contributed by atoms with Gasteiger partial charge in [0.2, 0.25) is 15.9 Å². The number of rotatable bonds is 7. The van der Waals surface area contributed by atoms with Crippen molar-refractivity contribution in [3.05, 3.63) is 30.6 Å². The van der Waals surface area contributed by atoms with Crippen LogP contribution in [-0.4, -0.2) is 52.7 Å². The Hall–Kier alpha value is -1.91. The normalized spacial score (nSPS) is 13.2. The number of hydrogen-bond donors (Lipinski definition) is 1. The van der Waals surface area contributed by atoms with Gasteiger partial charge in [0, 0.05) is 25.8 Å². The molecule has 0 saturated heterocycles. The minimum atomic E-state index is -3.56. The Balaban J connectivity index is 2.11. The van der Waals surface area contributed by atoms with Crippen LogP contribution in [0.25, 0.3) is 0 Å². The van der Waals surface area contributed by atoms with Crippen LogP contribution in [0.15, 0.2) is 40.6 Å². The molecule has 1 heterocycles. The van der Waals surface area contributed by atoms with Crippen molar-refractivity contribution in [2.45, 2.75) is 42.1 Å². The molecule has 0 saturated carbocycles. The van der Waals surface area contributed by atoms with Gasteiger partial charge < -0.3 is 9.88 Å². The average molecular weight is 398 g/mol. The van der Waals surface area contributed by atoms with E-state index < -0.39 is 15.3 Å². The molecule has 0 radical (unpaired) electrons. The zero-order valence-electron chi connectivity index (χ0n) is 15.4. The smallest absolute Gasteiger partial charge is 0.242 e. The first kappa shape index (κ1) is 20.4. The maximum atomic E-state index is 12.5. The summed E-state index contributed by atoms with van der Waals surface area (Å²) in [7, 11) is -0.631. The molecule has 2 rings (SSSR count). The Morgan fingerprint density at radius 2 is 1.96 bits per heavy atom. The zero-order valence-corrected chi connectivity index (χ0v) is 17.0. The number of amides is 1. The molecular formula is C16H23N5O3S2. The second kappa shape index (κ2) is 8.19. The molecule has 142 valence electrons. The topological polar surface area (TPSA) is 97.2 Å². The van der Waals surface area contributed by atoms with E-state index in [4.69, 9.17) is 0 Å². The van der Waals surface area contributed by atoms with Gasteiger partial charge in [0.15, 0.2) is 5.16 Å². The van der Waals surface area contributed by atoms with Crippen LogP contribution in [0, 0.1) is 0 Å². The lowest BCUT2D eigenvalue weighted by molar-refractivity contribution is -0.115. The van der Waals surface area contributed by atoms with Crippen molar-refractivity contribution >= 4 is 33.4 Å². The van der Waals surface area contributed by atoms with Crippen molar-refractivity contribution < 1.29 is 13.2 Å². The Bertz CT molecular complexity index is 878. The van der Waals surface area contributed by atoms with Crippen molar-refractivity contribution in [2.75, 3.05) is 19.4 Å². The van der Waals surface area contributed by atoms with Crippen molar-refractivity contribution in [2.24, 2.45) is 0 Å². The van der Waals surface area contributed by atoms with E-state index in [0.717, 1.165) is 4.31 Å². The molecule has 2 aromatic rings. The summed E-state index contributed by atoms with van der Waals surface area (Å²) in [5.74, 6) is -0.243. The third kappa shape index (κ3) is 4.63. The van der Waals surface area contributed by atoms with Crippen LogP contribution < -0.4 is 5.32 Å². The van der Waals surface area contributed by atoms with Crippen LogP contribution in [0.3, 0.4) is 0 Å². The fourth-order valence-corrected chi connectivity index (χ4v) is 3.98. The molecule has 1 aromatic heterocycles. The highest BCUT2D eigenvalue weighted by atomic mass is 32.2. The largest absolute Gasteiger partial charge is 0.325 e. The number of sulfonamides is 1. The lowest BCUT2D eigenvalue weighted by Crippen LogP contribution is -2.24. The summed E-state index contributed by atoms with van der Waals surface area (Å²) >= 11 is 1.30. The van der Waals surface area contributed by atoms with Gasteiger partial charge in [0.25, 0.3) is 0 Å². The monoisotopic (exact) mass is 397 g/mol. The summed E-state index contributed by atoms with van der Waals surface area (Å²) in [6.07, 6.45) is 1.63. The number of nitrogens with zero attached hydrogens (tertiary/aromatic N) is 4. The molecule has 1 N–H and O–H groups in total. The maximum Gasteiger partial charge on any atom is 0.242 e. The predicted octanol–water partition coefficient (Wildman–Crippen LogP) is 2.23. The number of benzene rings is 1. The molecule has 8 nitrogen and oxygen atoms in total. The number of thioether (sulfide) groups is 1. The number of aromatic nitrogens is 3. The molecule has 1 aromatic carbocycles. The minimum Gasteiger partial charge on any atom is -0.325 e. The highest BCUT2D eigenvalue weighted by Gasteiger charge is 2.21. The van der Waals surface area contributed by atoms with Gasteiger partial charge in [-0.15, -0.1) is 10.2 Å². The lowest BCUT2D eigenvalue weighted by Gasteiger charge is -2.15. The molecule has 1 atom stereocenters. The molecular weight excluding hydrogens is 374 g/mol. The maximum absolute atomic E-state index is 12.5.